The largest absolute Gasteiger partial charge is 0.453 e. The summed E-state index contributed by atoms with van der Waals surface area (Å²) in [6.45, 7) is 14.4. The number of aromatic amines is 2. The van der Waals surface area contributed by atoms with Crippen molar-refractivity contribution in [1.29, 1.82) is 0 Å². The van der Waals surface area contributed by atoms with Crippen LogP contribution in [0.4, 0.5) is 4.79 Å². The number of imidazole rings is 2. The highest BCUT2D eigenvalue weighted by Gasteiger charge is 2.30. The molecule has 0 aliphatic rings. The second kappa shape index (κ2) is 25.3. The zero-order valence-electron chi connectivity index (χ0n) is 35.7. The number of amides is 3. The molecule has 3 atom stereocenters. The van der Waals surface area contributed by atoms with Crippen molar-refractivity contribution >= 4 is 35.3 Å². The first-order valence-corrected chi connectivity index (χ1v) is 20.1. The molecule has 0 fully saturated rings. The molecule has 2 aromatic heterocycles. The van der Waals surface area contributed by atoms with Crippen LogP contribution in [0.2, 0.25) is 5.15 Å². The van der Waals surface area contributed by atoms with Gasteiger partial charge in [-0.2, -0.15) is 0 Å². The minimum Gasteiger partial charge on any atom is -0.453 e. The molecule has 3 amide bonds. The fraction of sp³-hybridized carbons (Fsp3) is 0.488. The van der Waals surface area contributed by atoms with Crippen LogP contribution in [-0.4, -0.2) is 89.0 Å². The van der Waals surface area contributed by atoms with Crippen LogP contribution in [0.3, 0.4) is 0 Å². The van der Waals surface area contributed by atoms with Gasteiger partial charge in [0.1, 0.15) is 35.1 Å². The fourth-order valence-corrected chi connectivity index (χ4v) is 6.00. The Balaban J connectivity index is 0.00000154. The molecule has 0 spiro atoms. The van der Waals surface area contributed by atoms with E-state index < -0.39 is 12.1 Å². The van der Waals surface area contributed by atoms with Gasteiger partial charge in [-0.3, -0.25) is 14.4 Å². The van der Waals surface area contributed by atoms with E-state index in [0.717, 1.165) is 34.4 Å². The topological polar surface area (TPSA) is 197 Å². The highest BCUT2D eigenvalue weighted by molar-refractivity contribution is 6.31. The highest BCUT2D eigenvalue weighted by atomic mass is 35.5. The first-order chi connectivity index (χ1) is 27.6. The number of ketones is 1. The van der Waals surface area contributed by atoms with Gasteiger partial charge in [0.2, 0.25) is 11.8 Å². The number of methoxy groups -OCH3 is 2. The van der Waals surface area contributed by atoms with Crippen LogP contribution in [-0.2, 0) is 30.4 Å². The Bertz CT molecular complexity index is 1850. The van der Waals surface area contributed by atoms with Gasteiger partial charge < -0.3 is 40.7 Å². The van der Waals surface area contributed by atoms with E-state index in [2.05, 4.69) is 71.1 Å². The molecule has 318 valence electrons. The van der Waals surface area contributed by atoms with Gasteiger partial charge in [0.25, 0.3) is 0 Å². The van der Waals surface area contributed by atoms with Crippen LogP contribution in [0.5, 0.6) is 0 Å². The number of benzene rings is 2. The molecular weight excluding hydrogens is 760 g/mol. The van der Waals surface area contributed by atoms with Crippen molar-refractivity contribution in [2.45, 2.75) is 92.8 Å². The number of nitrogens with zero attached hydrogens (tertiary/aromatic N) is 3. The summed E-state index contributed by atoms with van der Waals surface area (Å²) >= 11 is 6.57. The molecule has 3 unspecified atom stereocenters. The first-order valence-electron chi connectivity index (χ1n) is 19.7. The number of carbonyl (C=O) groups is 4. The third-order valence-corrected chi connectivity index (χ3v) is 9.24. The lowest BCUT2D eigenvalue weighted by Gasteiger charge is -2.30. The molecule has 58 heavy (non-hydrogen) atoms. The van der Waals surface area contributed by atoms with E-state index >= 15 is 0 Å². The van der Waals surface area contributed by atoms with E-state index in [1.807, 2.05) is 57.3 Å². The quantitative estimate of drug-likeness (QED) is 0.0668. The van der Waals surface area contributed by atoms with Crippen LogP contribution < -0.4 is 16.4 Å². The third-order valence-electron chi connectivity index (χ3n) is 8.96. The van der Waals surface area contributed by atoms with Gasteiger partial charge in [0.15, 0.2) is 5.78 Å². The fourth-order valence-electron chi connectivity index (χ4n) is 5.75. The van der Waals surface area contributed by atoms with E-state index in [4.69, 9.17) is 26.1 Å². The molecule has 0 saturated carbocycles. The molecule has 15 heteroatoms. The maximum atomic E-state index is 13.6. The number of nitrogens with one attached hydrogen (secondary N) is 4. The second-order valence-electron chi connectivity index (χ2n) is 14.4. The average Bonchev–Trinajstić information content (AvgIpc) is 3.83. The summed E-state index contributed by atoms with van der Waals surface area (Å²) in [6, 6.07) is 15.3. The van der Waals surface area contributed by atoms with Crippen molar-refractivity contribution in [3.63, 3.8) is 0 Å². The van der Waals surface area contributed by atoms with Gasteiger partial charge in [-0.15, -0.1) is 0 Å². The number of ether oxygens (including phenoxy) is 2. The zero-order chi connectivity index (χ0) is 43.4. The van der Waals surface area contributed by atoms with Crippen molar-refractivity contribution in [2.75, 3.05) is 34.4 Å². The summed E-state index contributed by atoms with van der Waals surface area (Å²) in [5, 5.41) is 6.34. The number of carbonyl (C=O) groups excluding carboxylic acids is 4. The van der Waals surface area contributed by atoms with Crippen molar-refractivity contribution < 1.29 is 28.7 Å². The molecule has 6 N–H and O–H groups in total. The summed E-state index contributed by atoms with van der Waals surface area (Å²) in [6.07, 6.45) is 4.24. The van der Waals surface area contributed by atoms with E-state index in [9.17, 15) is 19.2 Å². The molecule has 0 aliphatic carbocycles. The van der Waals surface area contributed by atoms with Crippen molar-refractivity contribution in [1.82, 2.24) is 35.5 Å². The normalized spacial score (nSPS) is 12.3. The standard InChI is InChI=1S/C38H50ClN7O5.C3H8.C2H5NO/c1-8-24(4)20-46(37(48)33(23(2)3)44-38(49)51-7)21-32-41-19-31(42-32)27-13-9-25(10-14-27)26-11-15-28(16-12-26)34-35(39)45-36(43-34)30(40-5)18-17-29(47)22-50-6;1-3-2;1-2(3)4/h9-16,19,23-24,30,33,40H,8,17-18,20-22H2,1-7H3,(H,41,42)(H,43,45)(H,44,49);3H2,1-2H3;1H3,(H2,3,4). The number of nitrogens with two attached hydrogens (primary N) is 1. The molecule has 2 aromatic carbocycles. The van der Waals surface area contributed by atoms with Crippen molar-refractivity contribution in [3.8, 4) is 33.6 Å². The van der Waals surface area contributed by atoms with Gasteiger partial charge in [-0.05, 0) is 42.0 Å². The summed E-state index contributed by atoms with van der Waals surface area (Å²) < 4.78 is 9.70. The lowest BCUT2D eigenvalue weighted by atomic mass is 10.0. The number of aromatic nitrogens is 4. The number of halogens is 1. The monoisotopic (exact) mass is 822 g/mol. The van der Waals surface area contributed by atoms with Crippen LogP contribution in [0.25, 0.3) is 33.6 Å². The molecule has 0 radical (unpaired) electrons. The van der Waals surface area contributed by atoms with E-state index in [1.54, 1.807) is 11.1 Å². The molecule has 0 aliphatic heterocycles. The molecule has 0 saturated heterocycles. The summed E-state index contributed by atoms with van der Waals surface area (Å²) in [7, 11) is 4.63. The number of H-pyrrole nitrogens is 2. The van der Waals surface area contributed by atoms with Crippen LogP contribution in [0.1, 0.15) is 91.8 Å². The van der Waals surface area contributed by atoms with E-state index in [-0.39, 0.29) is 48.6 Å². The Morgan fingerprint density at radius 2 is 1.47 bits per heavy atom. The van der Waals surface area contributed by atoms with Crippen molar-refractivity contribution in [3.05, 3.63) is 71.5 Å². The molecule has 2 heterocycles. The minimum atomic E-state index is -0.716. The number of rotatable bonds is 18. The third kappa shape index (κ3) is 15.7. The lowest BCUT2D eigenvalue weighted by molar-refractivity contribution is -0.135. The predicted molar refractivity (Wildman–Crippen MR) is 230 cm³/mol. The molecule has 4 aromatic rings. The maximum absolute atomic E-state index is 13.6. The number of primary amides is 1. The van der Waals surface area contributed by atoms with Crippen LogP contribution in [0, 0.1) is 11.8 Å². The van der Waals surface area contributed by atoms with Gasteiger partial charge in [-0.1, -0.05) is 115 Å². The summed E-state index contributed by atoms with van der Waals surface area (Å²) in [4.78, 5) is 64.5. The van der Waals surface area contributed by atoms with Gasteiger partial charge in [0, 0.05) is 32.6 Å². The Labute approximate surface area is 348 Å². The Morgan fingerprint density at radius 1 is 0.914 bits per heavy atom. The first kappa shape index (κ1) is 49.1. The SMILES string of the molecule is CC(N)=O.CCC.CCC(C)CN(Cc1ncc(-c2ccc(-c3ccc(-c4nc(C(CCC(=O)COC)NC)[nH]c4Cl)cc3)cc2)[nH]1)C(=O)C(NC(=O)OC)C(C)C. The van der Waals surface area contributed by atoms with E-state index in [0.29, 0.717) is 41.9 Å². The number of hydrogen-bond donors (Lipinski definition) is 5. The van der Waals surface area contributed by atoms with Gasteiger partial charge in [0.05, 0.1) is 31.6 Å². The van der Waals surface area contributed by atoms with Crippen LogP contribution in [0.15, 0.2) is 54.7 Å². The molecule has 4 rings (SSSR count). The van der Waals surface area contributed by atoms with Crippen LogP contribution >= 0.6 is 11.6 Å². The smallest absolute Gasteiger partial charge is 0.407 e. The maximum Gasteiger partial charge on any atom is 0.407 e. The Kier molecular flexibility index (Phi) is 21.5. The van der Waals surface area contributed by atoms with Gasteiger partial charge in [-0.25, -0.2) is 14.8 Å². The molecule has 14 nitrogen and oxygen atoms in total. The molecule has 0 bridgehead atoms. The minimum absolute atomic E-state index is 0.0355. The molecular formula is C43H63ClN8O6. The average molecular weight is 823 g/mol. The summed E-state index contributed by atoms with van der Waals surface area (Å²) in [5.74, 6) is 1.00. The predicted octanol–water partition coefficient (Wildman–Crippen LogP) is 7.71. The summed E-state index contributed by atoms with van der Waals surface area (Å²) in [5.41, 5.74) is 9.86. The van der Waals surface area contributed by atoms with Crippen molar-refractivity contribution in [2.24, 2.45) is 17.6 Å². The Hall–Kier alpha value is -5.05. The number of alkyl carbamates (subject to hydrolysis) is 1. The van der Waals surface area contributed by atoms with E-state index in [1.165, 1.54) is 27.6 Å². The number of hydrogen-bond acceptors (Lipinski definition) is 9. The second-order valence-corrected chi connectivity index (χ2v) is 14.8. The number of Topliss-reactive ketones (excluding diaryl/α,β-unsaturated/α-hetero) is 1. The highest BCUT2D eigenvalue weighted by Crippen LogP contribution is 2.31. The lowest BCUT2D eigenvalue weighted by Crippen LogP contribution is -2.51. The Morgan fingerprint density at radius 3 is 1.97 bits per heavy atom. The van der Waals surface area contributed by atoms with Gasteiger partial charge >= 0.3 is 6.09 Å². The zero-order valence-corrected chi connectivity index (χ0v) is 36.5.